The number of amides is 1. The number of H-pyrrole nitrogens is 1. The number of methoxy groups -OCH3 is 1. The van der Waals surface area contributed by atoms with Crippen molar-refractivity contribution in [3.8, 4) is 0 Å². The van der Waals surface area contributed by atoms with Gasteiger partial charge in [0, 0.05) is 15.9 Å². The number of benzene rings is 1. The smallest absolute Gasteiger partial charge is 0.331 e. The monoisotopic (exact) mass is 382 g/mol. The molecule has 0 atom stereocenters. The van der Waals surface area contributed by atoms with E-state index in [1.54, 1.807) is 18.2 Å². The van der Waals surface area contributed by atoms with Crippen molar-refractivity contribution in [3.05, 3.63) is 33.9 Å². The molecule has 0 saturated heterocycles. The Hall–Kier alpha value is -1.72. The van der Waals surface area contributed by atoms with Crippen molar-refractivity contribution in [2.75, 3.05) is 7.11 Å². The fourth-order valence-electron chi connectivity index (χ4n) is 3.40. The molecule has 0 bridgehead atoms. The Bertz CT molecular complexity index is 823. The molecule has 5 nitrogen and oxygen atoms in total. The van der Waals surface area contributed by atoms with Gasteiger partial charge in [0.15, 0.2) is 0 Å². The van der Waals surface area contributed by atoms with Gasteiger partial charge in [-0.3, -0.25) is 4.79 Å². The molecule has 7 heteroatoms. The molecule has 1 saturated carbocycles. The summed E-state index contributed by atoms with van der Waals surface area (Å²) in [5, 5.41) is 4.37. The maximum atomic E-state index is 12.8. The largest absolute Gasteiger partial charge is 0.467 e. The van der Waals surface area contributed by atoms with E-state index in [0.29, 0.717) is 39.7 Å². The van der Waals surface area contributed by atoms with Gasteiger partial charge in [0.05, 0.1) is 12.1 Å². The number of aromatic nitrogens is 1. The molecular weight excluding hydrogens is 363 g/mol. The molecule has 0 unspecified atom stereocenters. The van der Waals surface area contributed by atoms with Crippen LogP contribution >= 0.6 is 23.2 Å². The minimum atomic E-state index is -1.00. The van der Waals surface area contributed by atoms with Crippen LogP contribution < -0.4 is 5.32 Å². The van der Waals surface area contributed by atoms with Gasteiger partial charge in [-0.2, -0.15) is 0 Å². The zero-order valence-corrected chi connectivity index (χ0v) is 15.6. The summed E-state index contributed by atoms with van der Waals surface area (Å²) in [4.78, 5) is 28.2. The summed E-state index contributed by atoms with van der Waals surface area (Å²) in [6.07, 6.45) is 2.81. The van der Waals surface area contributed by atoms with Gasteiger partial charge in [-0.25, -0.2) is 4.79 Å². The zero-order chi connectivity index (χ0) is 18.2. The highest BCUT2D eigenvalue weighted by Gasteiger charge is 2.44. The number of carbonyl (C=O) groups excluding carboxylic acids is 2. The van der Waals surface area contributed by atoms with Crippen LogP contribution in [0.3, 0.4) is 0 Å². The number of hydrogen-bond acceptors (Lipinski definition) is 3. The van der Waals surface area contributed by atoms with Gasteiger partial charge in [0.1, 0.15) is 11.2 Å². The first-order valence-corrected chi connectivity index (χ1v) is 8.99. The molecule has 25 heavy (non-hydrogen) atoms. The highest BCUT2D eigenvalue weighted by molar-refractivity contribution is 6.39. The lowest BCUT2D eigenvalue weighted by molar-refractivity contribution is -0.150. The molecule has 1 amide bonds. The predicted octanol–water partition coefficient (Wildman–Crippen LogP) is 4.33. The summed E-state index contributed by atoms with van der Waals surface area (Å²) in [6, 6.07) is 5.18. The average Bonchev–Trinajstić information content (AvgIpc) is 2.93. The number of rotatable bonds is 3. The zero-order valence-electron chi connectivity index (χ0n) is 14.1. The van der Waals surface area contributed by atoms with Crippen LogP contribution in [0.4, 0.5) is 0 Å². The molecule has 2 N–H and O–H groups in total. The number of hydrogen-bond donors (Lipinski definition) is 2. The van der Waals surface area contributed by atoms with Gasteiger partial charge < -0.3 is 15.0 Å². The van der Waals surface area contributed by atoms with Crippen LogP contribution in [0.25, 0.3) is 10.9 Å². The van der Waals surface area contributed by atoms with Crippen molar-refractivity contribution >= 4 is 46.0 Å². The summed E-state index contributed by atoms with van der Waals surface area (Å²) in [7, 11) is 1.34. The molecule has 2 aromatic rings. The highest BCUT2D eigenvalue weighted by Crippen LogP contribution is 2.34. The summed E-state index contributed by atoms with van der Waals surface area (Å²) < 4.78 is 4.96. The second-order valence-electron chi connectivity index (χ2n) is 6.71. The van der Waals surface area contributed by atoms with Crippen LogP contribution in [0.2, 0.25) is 10.0 Å². The minimum Gasteiger partial charge on any atom is -0.467 e. The van der Waals surface area contributed by atoms with Crippen LogP contribution in [-0.2, 0) is 9.53 Å². The van der Waals surface area contributed by atoms with Crippen molar-refractivity contribution in [2.45, 2.75) is 38.1 Å². The molecule has 1 heterocycles. The Morgan fingerprint density at radius 2 is 1.96 bits per heavy atom. The van der Waals surface area contributed by atoms with E-state index in [0.717, 1.165) is 12.8 Å². The third-order valence-electron chi connectivity index (χ3n) is 4.98. The Morgan fingerprint density at radius 3 is 2.60 bits per heavy atom. The number of ether oxygens (including phenoxy) is 1. The number of nitrogens with one attached hydrogen (secondary N) is 2. The van der Waals surface area contributed by atoms with E-state index in [1.165, 1.54) is 7.11 Å². The maximum Gasteiger partial charge on any atom is 0.331 e. The van der Waals surface area contributed by atoms with E-state index in [1.807, 2.05) is 0 Å². The number of fused-ring (bicyclic) bond motifs is 1. The molecule has 1 aromatic carbocycles. The second kappa shape index (κ2) is 6.89. The molecule has 1 aromatic heterocycles. The van der Waals surface area contributed by atoms with Crippen LogP contribution in [0.15, 0.2) is 18.2 Å². The van der Waals surface area contributed by atoms with Crippen LogP contribution in [0.1, 0.15) is 43.1 Å². The van der Waals surface area contributed by atoms with Crippen molar-refractivity contribution < 1.29 is 14.3 Å². The van der Waals surface area contributed by atoms with Gasteiger partial charge in [-0.15, -0.1) is 0 Å². The third kappa shape index (κ3) is 3.35. The Kier molecular flexibility index (Phi) is 4.98. The molecule has 1 aliphatic carbocycles. The van der Waals surface area contributed by atoms with Gasteiger partial charge in [0.2, 0.25) is 0 Å². The first-order chi connectivity index (χ1) is 11.9. The number of aromatic amines is 1. The molecular formula is C18H20Cl2N2O3. The first-order valence-electron chi connectivity index (χ1n) is 8.24. The van der Waals surface area contributed by atoms with Crippen molar-refractivity contribution in [3.63, 3.8) is 0 Å². The molecule has 3 rings (SSSR count). The summed E-state index contributed by atoms with van der Waals surface area (Å²) in [6.45, 7) is 2.14. The van der Waals surface area contributed by atoms with Crippen molar-refractivity contribution in [1.29, 1.82) is 0 Å². The number of carbonyl (C=O) groups is 2. The SMILES string of the molecule is COC(=O)C1(NC(=O)c2[nH]c3ccc(Cl)cc3c2Cl)CCC(C)CC1. The highest BCUT2D eigenvalue weighted by atomic mass is 35.5. The van der Waals surface area contributed by atoms with Gasteiger partial charge in [0.25, 0.3) is 5.91 Å². The Morgan fingerprint density at radius 1 is 1.28 bits per heavy atom. The van der Waals surface area contributed by atoms with Gasteiger partial charge >= 0.3 is 5.97 Å². The Labute approximate surface area is 156 Å². The van der Waals surface area contributed by atoms with E-state index in [2.05, 4.69) is 17.2 Å². The lowest BCUT2D eigenvalue weighted by Gasteiger charge is -2.37. The van der Waals surface area contributed by atoms with E-state index in [4.69, 9.17) is 27.9 Å². The Balaban J connectivity index is 1.92. The van der Waals surface area contributed by atoms with E-state index in [-0.39, 0.29) is 5.69 Å². The molecule has 0 spiro atoms. The maximum absolute atomic E-state index is 12.8. The number of esters is 1. The molecule has 1 aliphatic rings. The summed E-state index contributed by atoms with van der Waals surface area (Å²) in [5.74, 6) is -0.311. The van der Waals surface area contributed by atoms with Crippen molar-refractivity contribution in [2.24, 2.45) is 5.92 Å². The van der Waals surface area contributed by atoms with Crippen LogP contribution in [0.5, 0.6) is 0 Å². The molecule has 134 valence electrons. The van der Waals surface area contributed by atoms with Gasteiger partial charge in [-0.05, 0) is 49.8 Å². The summed E-state index contributed by atoms with van der Waals surface area (Å²) in [5.41, 5.74) is -0.0684. The average molecular weight is 383 g/mol. The molecule has 0 aliphatic heterocycles. The lowest BCUT2D eigenvalue weighted by Crippen LogP contribution is -2.56. The molecule has 1 fully saturated rings. The fraction of sp³-hybridized carbons (Fsp3) is 0.444. The van der Waals surface area contributed by atoms with E-state index < -0.39 is 17.4 Å². The van der Waals surface area contributed by atoms with Gasteiger partial charge in [-0.1, -0.05) is 30.1 Å². The third-order valence-corrected chi connectivity index (χ3v) is 5.61. The standard InChI is InChI=1S/C18H20Cl2N2O3/c1-10-5-7-18(8-6-10,17(24)25-2)22-16(23)15-14(20)12-9-11(19)3-4-13(12)21-15/h3-4,9-10,21H,5-8H2,1-2H3,(H,22,23). The fourth-order valence-corrected chi connectivity index (χ4v) is 3.86. The normalized spacial score (nSPS) is 23.4. The first kappa shape index (κ1) is 18.1. The van der Waals surface area contributed by atoms with Crippen LogP contribution in [-0.4, -0.2) is 29.5 Å². The predicted molar refractivity (Wildman–Crippen MR) is 98.2 cm³/mol. The lowest BCUT2D eigenvalue weighted by atomic mass is 9.77. The van der Waals surface area contributed by atoms with Crippen LogP contribution in [0, 0.1) is 5.92 Å². The van der Waals surface area contributed by atoms with E-state index in [9.17, 15) is 9.59 Å². The topological polar surface area (TPSA) is 71.2 Å². The number of halogens is 2. The van der Waals surface area contributed by atoms with E-state index >= 15 is 0 Å². The van der Waals surface area contributed by atoms with Crippen molar-refractivity contribution in [1.82, 2.24) is 10.3 Å². The second-order valence-corrected chi connectivity index (χ2v) is 7.53. The summed E-state index contributed by atoms with van der Waals surface area (Å²) >= 11 is 12.4. The quantitative estimate of drug-likeness (QED) is 0.776. The molecule has 0 radical (unpaired) electrons. The minimum absolute atomic E-state index is 0.223.